The maximum Gasteiger partial charge on any atom is 0.308 e. The van der Waals surface area contributed by atoms with Crippen LogP contribution in [0.2, 0.25) is 19.6 Å². The van der Waals surface area contributed by atoms with E-state index in [-0.39, 0.29) is 4.90 Å². The predicted octanol–water partition coefficient (Wildman–Crippen LogP) is 3.01. The Kier molecular flexibility index (Phi) is 6.49. The third-order valence-corrected chi connectivity index (χ3v) is 5.61. The molecule has 1 aromatic rings. The van der Waals surface area contributed by atoms with Crippen LogP contribution in [0.4, 0.5) is 0 Å². The van der Waals surface area contributed by atoms with Gasteiger partial charge in [0.2, 0.25) is 8.32 Å². The minimum Gasteiger partial charge on any atom is -0.519 e. The molecular formula is C17H24O6SSi. The van der Waals surface area contributed by atoms with Crippen molar-refractivity contribution in [3.05, 3.63) is 36.4 Å². The predicted molar refractivity (Wildman–Crippen MR) is 97.9 cm³/mol. The van der Waals surface area contributed by atoms with Crippen molar-refractivity contribution in [3.63, 3.8) is 0 Å². The fraction of sp³-hybridized carbons (Fsp3) is 0.412. The van der Waals surface area contributed by atoms with Gasteiger partial charge in [-0.1, -0.05) is 24.8 Å². The van der Waals surface area contributed by atoms with Gasteiger partial charge in [-0.05, 0) is 51.2 Å². The summed E-state index contributed by atoms with van der Waals surface area (Å²) in [4.78, 5) is 24.3. The van der Waals surface area contributed by atoms with Gasteiger partial charge < -0.3 is 4.43 Å². The van der Waals surface area contributed by atoms with Gasteiger partial charge >= 0.3 is 5.97 Å². The molecule has 0 N–H and O–H groups in total. The summed E-state index contributed by atoms with van der Waals surface area (Å²) in [5, 5.41) is 0. The van der Waals surface area contributed by atoms with Gasteiger partial charge in [0.05, 0.1) is 11.5 Å². The van der Waals surface area contributed by atoms with Crippen molar-refractivity contribution in [3.8, 4) is 0 Å². The van der Waals surface area contributed by atoms with Crippen molar-refractivity contribution in [2.75, 3.05) is 6.61 Å². The number of ketones is 1. The van der Waals surface area contributed by atoms with E-state index < -0.39 is 42.2 Å². The second-order valence-corrected chi connectivity index (χ2v) is 12.9. The third kappa shape index (κ3) is 5.62. The smallest absolute Gasteiger partial charge is 0.308 e. The normalized spacial score (nSPS) is 14.4. The van der Waals surface area contributed by atoms with Crippen molar-refractivity contribution in [1.82, 2.24) is 0 Å². The molecule has 0 fully saturated rings. The lowest BCUT2D eigenvalue weighted by Crippen LogP contribution is -2.45. The molecule has 6 nitrogen and oxygen atoms in total. The summed E-state index contributed by atoms with van der Waals surface area (Å²) in [7, 11) is -6.35. The Balaban J connectivity index is 3.01. The summed E-state index contributed by atoms with van der Waals surface area (Å²) in [5.74, 6) is -1.29. The zero-order valence-corrected chi connectivity index (χ0v) is 17.0. The summed E-state index contributed by atoms with van der Waals surface area (Å²) in [6.07, 6.45) is 1.58. The molecule has 1 atom stereocenters. The molecule has 0 radical (unpaired) electrons. The first-order chi connectivity index (χ1) is 11.3. The van der Waals surface area contributed by atoms with Crippen molar-refractivity contribution in [2.24, 2.45) is 5.41 Å². The van der Waals surface area contributed by atoms with Crippen molar-refractivity contribution >= 4 is 36.3 Å². The van der Waals surface area contributed by atoms with Crippen LogP contribution in [0.5, 0.6) is 0 Å². The summed E-state index contributed by atoms with van der Waals surface area (Å²) in [6.45, 7) is 10.9. The quantitative estimate of drug-likeness (QED) is 0.389. The van der Waals surface area contributed by atoms with Gasteiger partial charge in [-0.3, -0.25) is 13.8 Å². The van der Waals surface area contributed by atoms with E-state index in [2.05, 4.69) is 6.58 Å². The minimum atomic E-state index is -4.11. The SMILES string of the molecule is C=Cc1ccc(S(=O)(=O)OCC(C)(C(C)=O)C(=O)O[Si](C)(C)C)cc1. The molecule has 0 bridgehead atoms. The Bertz CT molecular complexity index is 761. The molecule has 0 saturated heterocycles. The molecule has 0 aliphatic heterocycles. The zero-order valence-electron chi connectivity index (χ0n) is 15.2. The number of carbonyl (C=O) groups is 2. The molecule has 1 aromatic carbocycles. The van der Waals surface area contributed by atoms with Crippen LogP contribution in [0, 0.1) is 5.41 Å². The van der Waals surface area contributed by atoms with Gasteiger partial charge in [-0.2, -0.15) is 8.42 Å². The Hall–Kier alpha value is -1.77. The van der Waals surface area contributed by atoms with E-state index in [1.807, 2.05) is 0 Å². The van der Waals surface area contributed by atoms with Crippen LogP contribution in [-0.2, 0) is 28.3 Å². The highest BCUT2D eigenvalue weighted by molar-refractivity contribution is 7.86. The monoisotopic (exact) mass is 384 g/mol. The van der Waals surface area contributed by atoms with Crippen LogP contribution >= 0.6 is 0 Å². The van der Waals surface area contributed by atoms with E-state index in [0.717, 1.165) is 5.56 Å². The highest BCUT2D eigenvalue weighted by Gasteiger charge is 2.43. The maximum atomic E-state index is 12.4. The fourth-order valence-electron chi connectivity index (χ4n) is 1.73. The van der Waals surface area contributed by atoms with Gasteiger partial charge in [-0.25, -0.2) is 0 Å². The van der Waals surface area contributed by atoms with E-state index in [1.165, 1.54) is 26.0 Å². The molecule has 138 valence electrons. The fourth-order valence-corrected chi connectivity index (χ4v) is 3.51. The molecule has 25 heavy (non-hydrogen) atoms. The average molecular weight is 385 g/mol. The lowest BCUT2D eigenvalue weighted by molar-refractivity contribution is -0.153. The molecule has 0 saturated carbocycles. The van der Waals surface area contributed by atoms with Gasteiger partial charge in [0, 0.05) is 0 Å². The molecule has 0 amide bonds. The molecule has 1 unspecified atom stereocenters. The summed E-state index contributed by atoms with van der Waals surface area (Å²) < 4.78 is 35.0. The molecule has 0 spiro atoms. The van der Waals surface area contributed by atoms with Crippen LogP contribution in [-0.4, -0.2) is 35.1 Å². The number of benzene rings is 1. The van der Waals surface area contributed by atoms with Gasteiger partial charge in [0.15, 0.2) is 0 Å². The topological polar surface area (TPSA) is 86.7 Å². The number of rotatable bonds is 8. The Labute approximate surface area is 150 Å². The second-order valence-electron chi connectivity index (χ2n) is 6.88. The van der Waals surface area contributed by atoms with E-state index in [9.17, 15) is 18.0 Å². The van der Waals surface area contributed by atoms with Crippen molar-refractivity contribution < 1.29 is 26.6 Å². The van der Waals surface area contributed by atoms with Gasteiger partial charge in [0.25, 0.3) is 10.1 Å². The molecule has 0 aromatic heterocycles. The first kappa shape index (κ1) is 21.3. The first-order valence-electron chi connectivity index (χ1n) is 7.68. The van der Waals surface area contributed by atoms with E-state index in [4.69, 9.17) is 8.61 Å². The lowest BCUT2D eigenvalue weighted by Gasteiger charge is -2.28. The van der Waals surface area contributed by atoms with Crippen molar-refractivity contribution in [1.29, 1.82) is 0 Å². The lowest BCUT2D eigenvalue weighted by atomic mass is 9.88. The average Bonchev–Trinajstić information content (AvgIpc) is 2.50. The van der Waals surface area contributed by atoms with Gasteiger partial charge in [-0.15, -0.1) is 0 Å². The van der Waals surface area contributed by atoms with Crippen LogP contribution in [0.15, 0.2) is 35.7 Å². The molecule has 0 aliphatic carbocycles. The van der Waals surface area contributed by atoms with Crippen LogP contribution in [0.1, 0.15) is 19.4 Å². The van der Waals surface area contributed by atoms with E-state index in [0.29, 0.717) is 0 Å². The second kappa shape index (κ2) is 7.63. The molecule has 0 aliphatic rings. The highest BCUT2D eigenvalue weighted by atomic mass is 32.2. The maximum absolute atomic E-state index is 12.4. The van der Waals surface area contributed by atoms with E-state index >= 15 is 0 Å². The summed E-state index contributed by atoms with van der Waals surface area (Å²) in [5.41, 5.74) is -0.930. The largest absolute Gasteiger partial charge is 0.519 e. The zero-order chi connectivity index (χ0) is 19.5. The molecule has 1 rings (SSSR count). The van der Waals surface area contributed by atoms with E-state index in [1.54, 1.807) is 37.8 Å². The Morgan fingerprint density at radius 3 is 2.12 bits per heavy atom. The standard InChI is InChI=1S/C17H24O6SSi/c1-7-14-8-10-15(11-9-14)24(20,21)22-12-17(3,13(2)18)16(19)23-25(4,5)6/h7-11H,1,12H2,2-6H3. The highest BCUT2D eigenvalue weighted by Crippen LogP contribution is 2.25. The third-order valence-electron chi connectivity index (χ3n) is 3.53. The number of Topliss-reactive ketones (excluding diaryl/α,β-unsaturated/α-hetero) is 1. The molecule has 8 heteroatoms. The minimum absolute atomic E-state index is 0.0671. The summed E-state index contributed by atoms with van der Waals surface area (Å²) >= 11 is 0. The Morgan fingerprint density at radius 2 is 1.72 bits per heavy atom. The van der Waals surface area contributed by atoms with Crippen LogP contribution < -0.4 is 0 Å². The van der Waals surface area contributed by atoms with Crippen molar-refractivity contribution in [2.45, 2.75) is 38.4 Å². The first-order valence-corrected chi connectivity index (χ1v) is 12.5. The number of hydrogen-bond acceptors (Lipinski definition) is 6. The number of hydrogen-bond donors (Lipinski definition) is 0. The Morgan fingerprint density at radius 1 is 1.20 bits per heavy atom. The molecule has 0 heterocycles. The summed E-state index contributed by atoms with van der Waals surface area (Å²) in [6, 6.07) is 5.90. The molecular weight excluding hydrogens is 360 g/mol. The van der Waals surface area contributed by atoms with Crippen LogP contribution in [0.25, 0.3) is 6.08 Å². The van der Waals surface area contributed by atoms with Crippen LogP contribution in [0.3, 0.4) is 0 Å². The number of carbonyl (C=O) groups excluding carboxylic acids is 2. The van der Waals surface area contributed by atoms with Gasteiger partial charge in [0.1, 0.15) is 11.2 Å².